The molecule has 3 aromatic rings. The molecule has 122 valence electrons. The fourth-order valence-electron chi connectivity index (χ4n) is 2.33. The lowest BCUT2D eigenvalue weighted by molar-refractivity contribution is 0.595. The summed E-state index contributed by atoms with van der Waals surface area (Å²) >= 11 is 5.60. The Kier molecular flexibility index (Phi) is 4.57. The normalized spacial score (nSPS) is 11.8. The van der Waals surface area contributed by atoms with E-state index in [9.17, 15) is 9.18 Å². The van der Waals surface area contributed by atoms with Crippen LogP contribution in [0.25, 0.3) is 10.9 Å². The van der Waals surface area contributed by atoms with E-state index in [0.717, 1.165) is 0 Å². The Morgan fingerprint density at radius 3 is 2.83 bits per heavy atom. The van der Waals surface area contributed by atoms with E-state index in [1.54, 1.807) is 36.4 Å². The first-order chi connectivity index (χ1) is 11.6. The van der Waals surface area contributed by atoms with Gasteiger partial charge in [0.15, 0.2) is 0 Å². The smallest absolute Gasteiger partial charge is 0.261 e. The van der Waals surface area contributed by atoms with E-state index in [2.05, 4.69) is 9.98 Å². The van der Waals surface area contributed by atoms with Gasteiger partial charge in [-0.3, -0.25) is 9.36 Å². The highest BCUT2D eigenvalue weighted by molar-refractivity contribution is 6.28. The van der Waals surface area contributed by atoms with Crippen LogP contribution >= 0.6 is 11.6 Å². The Morgan fingerprint density at radius 1 is 1.29 bits per heavy atom. The van der Waals surface area contributed by atoms with Crippen LogP contribution in [0.15, 0.2) is 58.6 Å². The average Bonchev–Trinajstić information content (AvgIpc) is 2.59. The largest absolute Gasteiger partial charge is 0.386 e. The van der Waals surface area contributed by atoms with E-state index in [1.165, 1.54) is 17.0 Å². The van der Waals surface area contributed by atoms with Crippen LogP contribution in [0.2, 0.25) is 0 Å². The predicted molar refractivity (Wildman–Crippen MR) is 93.5 cm³/mol. The van der Waals surface area contributed by atoms with E-state index in [-0.39, 0.29) is 29.6 Å². The molecular weight excluding hydrogens is 331 g/mol. The molecule has 0 fully saturated rings. The highest BCUT2D eigenvalue weighted by Gasteiger charge is 2.08. The van der Waals surface area contributed by atoms with Crippen LogP contribution in [-0.4, -0.2) is 21.3 Å². The number of aliphatic imine (C=N–C) groups is 1. The third-order valence-corrected chi connectivity index (χ3v) is 3.79. The van der Waals surface area contributed by atoms with Gasteiger partial charge in [0, 0.05) is 5.56 Å². The second-order valence-electron chi connectivity index (χ2n) is 5.21. The van der Waals surface area contributed by atoms with E-state index >= 15 is 0 Å². The molecule has 0 saturated heterocycles. The zero-order chi connectivity index (χ0) is 17.1. The molecule has 0 atom stereocenters. The zero-order valence-corrected chi connectivity index (χ0v) is 13.4. The second-order valence-corrected chi connectivity index (χ2v) is 5.47. The molecule has 7 heteroatoms. The van der Waals surface area contributed by atoms with Gasteiger partial charge in [0.2, 0.25) is 0 Å². The van der Waals surface area contributed by atoms with Crippen LogP contribution in [-0.2, 0) is 6.54 Å². The monoisotopic (exact) mass is 344 g/mol. The summed E-state index contributed by atoms with van der Waals surface area (Å²) in [6.07, 6.45) is 1.40. The summed E-state index contributed by atoms with van der Waals surface area (Å²) in [6, 6.07) is 11.3. The molecule has 0 aliphatic heterocycles. The van der Waals surface area contributed by atoms with Crippen LogP contribution in [0.5, 0.6) is 0 Å². The first-order valence-electron chi connectivity index (χ1n) is 7.20. The Labute approximate surface area is 142 Å². The Morgan fingerprint density at radius 2 is 2.08 bits per heavy atom. The molecule has 0 aliphatic rings. The van der Waals surface area contributed by atoms with Crippen molar-refractivity contribution in [2.45, 2.75) is 6.54 Å². The van der Waals surface area contributed by atoms with Crippen molar-refractivity contribution in [1.29, 1.82) is 0 Å². The zero-order valence-electron chi connectivity index (χ0n) is 12.6. The maximum atomic E-state index is 13.8. The summed E-state index contributed by atoms with van der Waals surface area (Å²) in [4.78, 5) is 20.9. The molecule has 2 N–H and O–H groups in total. The highest BCUT2D eigenvalue weighted by atomic mass is 35.5. The Balaban J connectivity index is 2.01. The standard InChI is InChI=1S/C17H14ClFN4O/c18-8-16(20)22-12-5-6-13-15(7-12)21-10-23(17(13)24)9-11-3-1-2-4-14(11)19/h1-7,10H,8-9H2,(H2,20,22). The first kappa shape index (κ1) is 16.1. The maximum absolute atomic E-state index is 13.8. The molecule has 2 aromatic carbocycles. The molecule has 3 rings (SSSR count). The van der Waals surface area contributed by atoms with Gasteiger partial charge in [-0.15, -0.1) is 11.6 Å². The predicted octanol–water partition coefficient (Wildman–Crippen LogP) is 2.81. The molecule has 0 saturated carbocycles. The summed E-state index contributed by atoms with van der Waals surface area (Å²) in [5.74, 6) is 0.0463. The van der Waals surface area contributed by atoms with Crippen LogP contribution < -0.4 is 11.3 Å². The lowest BCUT2D eigenvalue weighted by atomic mass is 10.2. The number of hydrogen-bond donors (Lipinski definition) is 1. The van der Waals surface area contributed by atoms with Crippen molar-refractivity contribution in [2.75, 3.05) is 5.88 Å². The Hall–Kier alpha value is -2.73. The number of aromatic nitrogens is 2. The van der Waals surface area contributed by atoms with Gasteiger partial charge in [-0.2, -0.15) is 0 Å². The van der Waals surface area contributed by atoms with E-state index in [1.807, 2.05) is 0 Å². The molecule has 1 aromatic heterocycles. The highest BCUT2D eigenvalue weighted by Crippen LogP contribution is 2.17. The summed E-state index contributed by atoms with van der Waals surface area (Å²) in [5, 5.41) is 0.428. The number of alkyl halides is 1. The molecule has 0 spiro atoms. The SMILES string of the molecule is NC(CCl)=Nc1ccc2c(=O)n(Cc3ccccc3F)cnc2c1. The van der Waals surface area contributed by atoms with E-state index in [0.29, 0.717) is 22.2 Å². The average molecular weight is 345 g/mol. The summed E-state index contributed by atoms with van der Waals surface area (Å²) in [7, 11) is 0. The van der Waals surface area contributed by atoms with Crippen molar-refractivity contribution in [3.8, 4) is 0 Å². The second kappa shape index (κ2) is 6.80. The fraction of sp³-hybridized carbons (Fsp3) is 0.118. The summed E-state index contributed by atoms with van der Waals surface area (Å²) < 4.78 is 15.1. The lowest BCUT2D eigenvalue weighted by Crippen LogP contribution is -2.21. The van der Waals surface area contributed by atoms with Gasteiger partial charge >= 0.3 is 0 Å². The minimum absolute atomic E-state index is 0.119. The van der Waals surface area contributed by atoms with Gasteiger partial charge in [-0.1, -0.05) is 18.2 Å². The molecule has 0 unspecified atom stereocenters. The number of nitrogens with two attached hydrogens (primary N) is 1. The molecular formula is C17H14ClFN4O. The number of amidine groups is 1. The number of halogens is 2. The lowest BCUT2D eigenvalue weighted by Gasteiger charge is -2.08. The summed E-state index contributed by atoms with van der Waals surface area (Å²) in [6.45, 7) is 0.119. The van der Waals surface area contributed by atoms with Crippen molar-refractivity contribution in [3.63, 3.8) is 0 Å². The van der Waals surface area contributed by atoms with Gasteiger partial charge < -0.3 is 5.73 Å². The van der Waals surface area contributed by atoms with Gasteiger partial charge in [0.1, 0.15) is 11.7 Å². The minimum atomic E-state index is -0.356. The van der Waals surface area contributed by atoms with Gasteiger partial charge in [-0.05, 0) is 24.3 Å². The van der Waals surface area contributed by atoms with E-state index in [4.69, 9.17) is 17.3 Å². The van der Waals surface area contributed by atoms with Crippen LogP contribution in [0.3, 0.4) is 0 Å². The van der Waals surface area contributed by atoms with Crippen molar-refractivity contribution in [3.05, 3.63) is 70.5 Å². The number of benzene rings is 2. The van der Waals surface area contributed by atoms with Crippen molar-refractivity contribution < 1.29 is 4.39 Å². The van der Waals surface area contributed by atoms with Crippen molar-refractivity contribution in [2.24, 2.45) is 10.7 Å². The number of hydrogen-bond acceptors (Lipinski definition) is 3. The molecule has 24 heavy (non-hydrogen) atoms. The van der Waals surface area contributed by atoms with Gasteiger partial charge in [0.05, 0.1) is 35.3 Å². The summed E-state index contributed by atoms with van der Waals surface area (Å²) in [5.41, 5.74) is 6.84. The first-order valence-corrected chi connectivity index (χ1v) is 7.73. The van der Waals surface area contributed by atoms with Crippen LogP contribution in [0.1, 0.15) is 5.56 Å². The quantitative estimate of drug-likeness (QED) is 0.449. The number of rotatable bonds is 4. The number of nitrogens with zero attached hydrogens (tertiary/aromatic N) is 3. The molecule has 0 radical (unpaired) electrons. The van der Waals surface area contributed by atoms with Crippen molar-refractivity contribution >= 4 is 34.0 Å². The molecule has 5 nitrogen and oxygen atoms in total. The van der Waals surface area contributed by atoms with Crippen LogP contribution in [0.4, 0.5) is 10.1 Å². The van der Waals surface area contributed by atoms with Gasteiger partial charge in [0.25, 0.3) is 5.56 Å². The third kappa shape index (κ3) is 3.28. The third-order valence-electron chi connectivity index (χ3n) is 3.52. The molecule has 1 heterocycles. The topological polar surface area (TPSA) is 73.3 Å². The minimum Gasteiger partial charge on any atom is -0.386 e. The number of fused-ring (bicyclic) bond motifs is 1. The van der Waals surface area contributed by atoms with Crippen molar-refractivity contribution in [1.82, 2.24) is 9.55 Å². The fourth-order valence-corrected chi connectivity index (χ4v) is 2.39. The molecule has 0 aliphatic carbocycles. The molecule has 0 amide bonds. The molecule has 0 bridgehead atoms. The van der Waals surface area contributed by atoms with Crippen LogP contribution in [0, 0.1) is 5.82 Å². The van der Waals surface area contributed by atoms with Gasteiger partial charge in [-0.25, -0.2) is 14.4 Å². The maximum Gasteiger partial charge on any atom is 0.261 e. The van der Waals surface area contributed by atoms with E-state index < -0.39 is 0 Å². The Bertz CT molecular complexity index is 984.